The number of carbonyl (C=O) groups is 1. The molecule has 0 radical (unpaired) electrons. The highest BCUT2D eigenvalue weighted by Gasteiger charge is 2.41. The minimum atomic E-state index is 0.0488. The minimum absolute atomic E-state index is 0.0488. The molecular formula is C14H19N3O2. The fourth-order valence-corrected chi connectivity index (χ4v) is 3.51. The van der Waals surface area contributed by atoms with Crippen molar-refractivity contribution in [1.29, 1.82) is 0 Å². The fourth-order valence-electron chi connectivity index (χ4n) is 3.51. The summed E-state index contributed by atoms with van der Waals surface area (Å²) in [5, 5.41) is 3.95. The maximum absolute atomic E-state index is 12.4. The lowest BCUT2D eigenvalue weighted by molar-refractivity contribution is 0.0765. The first-order valence-corrected chi connectivity index (χ1v) is 7.15. The van der Waals surface area contributed by atoms with Gasteiger partial charge in [0.05, 0.1) is 0 Å². The van der Waals surface area contributed by atoms with Crippen LogP contribution in [0.5, 0.6) is 0 Å². The summed E-state index contributed by atoms with van der Waals surface area (Å²) in [7, 11) is 2.16. The van der Waals surface area contributed by atoms with Crippen LogP contribution in [0.1, 0.15) is 35.0 Å². The molecule has 5 heteroatoms. The number of fused-ring (bicyclic) bond motifs is 1. The van der Waals surface area contributed by atoms with E-state index in [1.165, 1.54) is 12.8 Å². The van der Waals surface area contributed by atoms with Gasteiger partial charge in [-0.05, 0) is 31.7 Å². The average molecular weight is 261 g/mol. The zero-order valence-corrected chi connectivity index (χ0v) is 11.2. The van der Waals surface area contributed by atoms with E-state index >= 15 is 0 Å². The van der Waals surface area contributed by atoms with Crippen LogP contribution < -0.4 is 0 Å². The summed E-state index contributed by atoms with van der Waals surface area (Å²) < 4.78 is 5.27. The van der Waals surface area contributed by atoms with Crippen LogP contribution in [0, 0.1) is 11.8 Å². The lowest BCUT2D eigenvalue weighted by atomic mass is 10.0. The van der Waals surface area contributed by atoms with Gasteiger partial charge < -0.3 is 14.3 Å². The Kier molecular flexibility index (Phi) is 2.45. The van der Waals surface area contributed by atoms with Crippen LogP contribution in [0.25, 0.3) is 0 Å². The van der Waals surface area contributed by atoms with Gasteiger partial charge in [0, 0.05) is 38.2 Å². The summed E-state index contributed by atoms with van der Waals surface area (Å²) in [6.45, 7) is 3.97. The smallest absolute Gasteiger partial charge is 0.276 e. The molecule has 3 heterocycles. The van der Waals surface area contributed by atoms with Gasteiger partial charge in [0.2, 0.25) is 0 Å². The molecule has 19 heavy (non-hydrogen) atoms. The van der Waals surface area contributed by atoms with E-state index < -0.39 is 0 Å². The van der Waals surface area contributed by atoms with Crippen LogP contribution in [0.2, 0.25) is 0 Å². The Morgan fingerprint density at radius 2 is 1.95 bits per heavy atom. The summed E-state index contributed by atoms with van der Waals surface area (Å²) in [6.07, 6.45) is 2.34. The quantitative estimate of drug-likeness (QED) is 0.802. The van der Waals surface area contributed by atoms with Crippen molar-refractivity contribution in [1.82, 2.24) is 15.0 Å². The number of nitrogens with zero attached hydrogens (tertiary/aromatic N) is 3. The molecule has 2 atom stereocenters. The highest BCUT2D eigenvalue weighted by Crippen LogP contribution is 2.40. The molecule has 3 aliphatic rings. The van der Waals surface area contributed by atoms with Gasteiger partial charge in [0.1, 0.15) is 5.76 Å². The number of likely N-dealkylation sites (tertiary alicyclic amines) is 2. The van der Waals surface area contributed by atoms with Gasteiger partial charge in [-0.25, -0.2) is 0 Å². The van der Waals surface area contributed by atoms with Crippen molar-refractivity contribution in [2.75, 3.05) is 33.2 Å². The standard InChI is InChI=1S/C14H19N3O2/c1-16-5-10-7-17(8-11(10)6-16)14(18)12-4-13(19-15-12)9-2-3-9/h4,9-11H,2-3,5-8H2,1H3. The van der Waals surface area contributed by atoms with Gasteiger partial charge in [-0.2, -0.15) is 0 Å². The van der Waals surface area contributed by atoms with E-state index in [9.17, 15) is 4.79 Å². The third-order valence-electron chi connectivity index (χ3n) is 4.68. The van der Waals surface area contributed by atoms with Crippen molar-refractivity contribution in [3.8, 4) is 0 Å². The minimum Gasteiger partial charge on any atom is -0.360 e. The monoisotopic (exact) mass is 261 g/mol. The Morgan fingerprint density at radius 3 is 2.58 bits per heavy atom. The summed E-state index contributed by atoms with van der Waals surface area (Å²) in [6, 6.07) is 1.85. The summed E-state index contributed by atoms with van der Waals surface area (Å²) >= 11 is 0. The second-order valence-corrected chi connectivity index (χ2v) is 6.34. The molecule has 0 spiro atoms. The summed E-state index contributed by atoms with van der Waals surface area (Å²) in [4.78, 5) is 16.7. The van der Waals surface area contributed by atoms with E-state index in [4.69, 9.17) is 4.52 Å². The number of amides is 1. The third-order valence-corrected chi connectivity index (χ3v) is 4.68. The lowest BCUT2D eigenvalue weighted by Crippen LogP contribution is -2.32. The van der Waals surface area contributed by atoms with Gasteiger partial charge >= 0.3 is 0 Å². The molecule has 2 saturated heterocycles. The maximum Gasteiger partial charge on any atom is 0.276 e. The zero-order chi connectivity index (χ0) is 13.0. The van der Waals surface area contributed by atoms with Crippen LogP contribution in [0.3, 0.4) is 0 Å². The molecule has 2 aliphatic heterocycles. The highest BCUT2D eigenvalue weighted by molar-refractivity contribution is 5.92. The van der Waals surface area contributed by atoms with E-state index in [0.29, 0.717) is 23.4 Å². The average Bonchev–Trinajstić information content (AvgIpc) is 2.83. The molecule has 1 saturated carbocycles. The molecule has 0 bridgehead atoms. The first-order valence-electron chi connectivity index (χ1n) is 7.15. The van der Waals surface area contributed by atoms with E-state index in [1.807, 2.05) is 11.0 Å². The first-order chi connectivity index (χ1) is 9.20. The Bertz CT molecular complexity index is 495. The molecular weight excluding hydrogens is 242 g/mol. The second kappa shape index (κ2) is 4.07. The van der Waals surface area contributed by atoms with Gasteiger partial charge in [0.15, 0.2) is 5.69 Å². The number of carbonyl (C=O) groups excluding carboxylic acids is 1. The van der Waals surface area contributed by atoms with Crippen LogP contribution in [0.4, 0.5) is 0 Å². The van der Waals surface area contributed by atoms with Gasteiger partial charge in [-0.3, -0.25) is 4.79 Å². The van der Waals surface area contributed by atoms with Crippen molar-refractivity contribution in [2.45, 2.75) is 18.8 Å². The molecule has 3 fully saturated rings. The Morgan fingerprint density at radius 1 is 1.26 bits per heavy atom. The lowest BCUT2D eigenvalue weighted by Gasteiger charge is -2.17. The Labute approximate surface area is 112 Å². The van der Waals surface area contributed by atoms with E-state index in [1.54, 1.807) is 0 Å². The van der Waals surface area contributed by atoms with Gasteiger partial charge in [0.25, 0.3) is 5.91 Å². The van der Waals surface area contributed by atoms with Crippen LogP contribution in [-0.2, 0) is 0 Å². The molecule has 0 N–H and O–H groups in total. The highest BCUT2D eigenvalue weighted by atomic mass is 16.5. The summed E-state index contributed by atoms with van der Waals surface area (Å²) in [5.41, 5.74) is 0.496. The number of rotatable bonds is 2. The van der Waals surface area contributed by atoms with E-state index in [0.717, 1.165) is 31.9 Å². The number of aromatic nitrogens is 1. The van der Waals surface area contributed by atoms with Crippen LogP contribution in [0.15, 0.2) is 10.6 Å². The van der Waals surface area contributed by atoms with Crippen molar-refractivity contribution >= 4 is 5.91 Å². The molecule has 1 aromatic heterocycles. The Hall–Kier alpha value is -1.36. The van der Waals surface area contributed by atoms with Gasteiger partial charge in [-0.1, -0.05) is 5.16 Å². The largest absolute Gasteiger partial charge is 0.360 e. The van der Waals surface area contributed by atoms with Crippen LogP contribution >= 0.6 is 0 Å². The molecule has 4 rings (SSSR count). The van der Waals surface area contributed by atoms with Crippen molar-refractivity contribution in [3.05, 3.63) is 17.5 Å². The zero-order valence-electron chi connectivity index (χ0n) is 11.2. The van der Waals surface area contributed by atoms with Crippen molar-refractivity contribution in [2.24, 2.45) is 11.8 Å². The molecule has 102 valence electrons. The SMILES string of the molecule is CN1CC2CN(C(=O)c3cc(C4CC4)on3)CC2C1. The second-order valence-electron chi connectivity index (χ2n) is 6.34. The molecule has 0 aromatic carbocycles. The fraction of sp³-hybridized carbons (Fsp3) is 0.714. The number of hydrogen-bond acceptors (Lipinski definition) is 4. The molecule has 5 nitrogen and oxygen atoms in total. The van der Waals surface area contributed by atoms with Gasteiger partial charge in [-0.15, -0.1) is 0 Å². The molecule has 2 unspecified atom stereocenters. The van der Waals surface area contributed by atoms with E-state index in [2.05, 4.69) is 17.1 Å². The van der Waals surface area contributed by atoms with Crippen LogP contribution in [-0.4, -0.2) is 54.1 Å². The molecule has 1 aromatic rings. The van der Waals surface area contributed by atoms with E-state index in [-0.39, 0.29) is 5.91 Å². The molecule has 1 aliphatic carbocycles. The normalized spacial score (nSPS) is 30.9. The predicted octanol–water partition coefficient (Wildman–Crippen LogP) is 1.19. The molecule has 1 amide bonds. The maximum atomic E-state index is 12.4. The first kappa shape index (κ1) is 11.5. The topological polar surface area (TPSA) is 49.6 Å². The third kappa shape index (κ3) is 1.96. The number of hydrogen-bond donors (Lipinski definition) is 0. The summed E-state index contributed by atoms with van der Waals surface area (Å²) in [5.74, 6) is 2.74. The van der Waals surface area contributed by atoms with Crippen molar-refractivity contribution < 1.29 is 9.32 Å². The predicted molar refractivity (Wildman–Crippen MR) is 68.9 cm³/mol. The Balaban J connectivity index is 1.46. The van der Waals surface area contributed by atoms with Crippen molar-refractivity contribution in [3.63, 3.8) is 0 Å².